The third-order valence-corrected chi connectivity index (χ3v) is 3.56. The highest BCUT2D eigenvalue weighted by Crippen LogP contribution is 2.29. The average molecular weight is 244 g/mol. The number of carbonyl (C=O) groups is 1. The molecule has 1 unspecified atom stereocenters. The number of rotatable bonds is 2. The molecule has 0 aromatic heterocycles. The van der Waals surface area contributed by atoms with Crippen LogP contribution in [0.3, 0.4) is 0 Å². The van der Waals surface area contributed by atoms with Crippen molar-refractivity contribution in [2.24, 2.45) is 5.92 Å². The van der Waals surface area contributed by atoms with Crippen LogP contribution in [-0.2, 0) is 27.9 Å². The maximum absolute atomic E-state index is 12.7. The molecule has 1 aromatic carbocycles. The largest absolute Gasteiger partial charge is 0.481 e. The van der Waals surface area contributed by atoms with E-state index >= 15 is 0 Å². The topological polar surface area (TPSA) is 71.4 Å². The lowest BCUT2D eigenvalue weighted by molar-refractivity contribution is -0.141. The van der Waals surface area contributed by atoms with Crippen molar-refractivity contribution < 1.29 is 22.2 Å². The van der Waals surface area contributed by atoms with Crippen LogP contribution >= 0.6 is 0 Å². The summed E-state index contributed by atoms with van der Waals surface area (Å²) in [7, 11) is -4.71. The van der Waals surface area contributed by atoms with Crippen molar-refractivity contribution in [3.63, 3.8) is 0 Å². The summed E-state index contributed by atoms with van der Waals surface area (Å²) in [6.07, 6.45) is 0.630. The van der Waals surface area contributed by atoms with Gasteiger partial charge in [-0.1, -0.05) is 6.07 Å². The zero-order chi connectivity index (χ0) is 11.9. The molecule has 16 heavy (non-hydrogen) atoms. The highest BCUT2D eigenvalue weighted by molar-refractivity contribution is 7.86. The van der Waals surface area contributed by atoms with Crippen molar-refractivity contribution in [3.8, 4) is 0 Å². The Morgan fingerprint density at radius 2 is 1.94 bits per heavy atom. The second-order valence-corrected chi connectivity index (χ2v) is 5.16. The van der Waals surface area contributed by atoms with E-state index in [1.807, 2.05) is 0 Å². The van der Waals surface area contributed by atoms with E-state index < -0.39 is 27.0 Å². The number of fused-ring (bicyclic) bond motifs is 1. The molecule has 1 aliphatic carbocycles. The summed E-state index contributed by atoms with van der Waals surface area (Å²) in [5.41, 5.74) is 1.38. The van der Waals surface area contributed by atoms with Crippen LogP contribution in [0.2, 0.25) is 0 Å². The molecule has 1 aliphatic rings. The second-order valence-electron chi connectivity index (χ2n) is 3.81. The molecule has 0 amide bonds. The zero-order valence-corrected chi connectivity index (χ0v) is 9.00. The minimum Gasteiger partial charge on any atom is -0.481 e. The summed E-state index contributed by atoms with van der Waals surface area (Å²) in [4.78, 5) is 10.4. The Labute approximate surface area is 91.9 Å². The molecule has 0 radical (unpaired) electrons. The Morgan fingerprint density at radius 1 is 1.31 bits per heavy atom. The molecule has 0 bridgehead atoms. The van der Waals surface area contributed by atoms with Crippen LogP contribution in [0.4, 0.5) is 3.89 Å². The van der Waals surface area contributed by atoms with E-state index in [9.17, 15) is 17.1 Å². The summed E-state index contributed by atoms with van der Waals surface area (Å²) in [6, 6.07) is 3.86. The molecule has 4 nitrogen and oxygen atoms in total. The van der Waals surface area contributed by atoms with Gasteiger partial charge in [-0.2, -0.15) is 8.42 Å². The molecule has 1 aromatic rings. The predicted octanol–water partition coefficient (Wildman–Crippen LogP) is 1.14. The van der Waals surface area contributed by atoms with Gasteiger partial charge >= 0.3 is 16.2 Å². The molecule has 1 atom stereocenters. The molecular formula is C10H9FO4S. The Balaban J connectivity index is 2.39. The third-order valence-electron chi connectivity index (χ3n) is 2.74. The lowest BCUT2D eigenvalue weighted by atomic mass is 10.1. The zero-order valence-electron chi connectivity index (χ0n) is 8.18. The van der Waals surface area contributed by atoms with Crippen molar-refractivity contribution in [3.05, 3.63) is 29.3 Å². The second kappa shape index (κ2) is 3.55. The van der Waals surface area contributed by atoms with Gasteiger partial charge in [-0.15, -0.1) is 3.89 Å². The summed E-state index contributed by atoms with van der Waals surface area (Å²) in [5, 5.41) is 8.82. The van der Waals surface area contributed by atoms with Crippen molar-refractivity contribution in [1.29, 1.82) is 0 Å². The molecule has 0 spiro atoms. The highest BCUT2D eigenvalue weighted by atomic mass is 32.3. The molecule has 6 heteroatoms. The molecule has 0 heterocycles. The van der Waals surface area contributed by atoms with E-state index in [0.717, 1.165) is 5.56 Å². The van der Waals surface area contributed by atoms with Crippen molar-refractivity contribution in [2.75, 3.05) is 0 Å². The smallest absolute Gasteiger partial charge is 0.332 e. The average Bonchev–Trinajstić information content (AvgIpc) is 2.58. The fourth-order valence-electron chi connectivity index (χ4n) is 1.92. The Hall–Kier alpha value is -1.43. The van der Waals surface area contributed by atoms with Gasteiger partial charge in [0.25, 0.3) is 0 Å². The molecular weight excluding hydrogens is 235 g/mol. The standard InChI is InChI=1S/C10H9FO4S/c11-16(14,15)9-2-1-6-3-8(10(12)13)4-7(6)5-9/h1-2,5,8H,3-4H2,(H,12,13). The van der Waals surface area contributed by atoms with E-state index in [0.29, 0.717) is 12.0 Å². The minimum atomic E-state index is -4.71. The van der Waals surface area contributed by atoms with Gasteiger partial charge in [0, 0.05) is 0 Å². The first-order valence-corrected chi connectivity index (χ1v) is 6.05. The molecule has 2 rings (SSSR count). The van der Waals surface area contributed by atoms with Crippen molar-refractivity contribution in [2.45, 2.75) is 17.7 Å². The van der Waals surface area contributed by atoms with E-state index in [-0.39, 0.29) is 6.42 Å². The summed E-state index contributed by atoms with van der Waals surface area (Å²) in [5.74, 6) is -1.45. The van der Waals surface area contributed by atoms with Crippen LogP contribution in [0, 0.1) is 5.92 Å². The van der Waals surface area contributed by atoms with Gasteiger partial charge < -0.3 is 5.11 Å². The Bertz CT molecular complexity index is 550. The minimum absolute atomic E-state index is 0.258. The van der Waals surface area contributed by atoms with Crippen LogP contribution in [0.25, 0.3) is 0 Å². The first-order valence-electron chi connectivity index (χ1n) is 4.67. The Morgan fingerprint density at radius 3 is 2.50 bits per heavy atom. The fraction of sp³-hybridized carbons (Fsp3) is 0.300. The molecule has 0 saturated carbocycles. The maximum Gasteiger partial charge on any atom is 0.332 e. The number of carboxylic acid groups (broad SMARTS) is 1. The van der Waals surface area contributed by atoms with Gasteiger partial charge in [0.1, 0.15) is 0 Å². The van der Waals surface area contributed by atoms with E-state index in [1.54, 1.807) is 0 Å². The van der Waals surface area contributed by atoms with Crippen LogP contribution in [0.5, 0.6) is 0 Å². The van der Waals surface area contributed by atoms with E-state index in [2.05, 4.69) is 0 Å². The normalized spacial score (nSPS) is 19.4. The lowest BCUT2D eigenvalue weighted by Crippen LogP contribution is -2.12. The third kappa shape index (κ3) is 1.92. The van der Waals surface area contributed by atoms with Gasteiger partial charge in [-0.05, 0) is 36.1 Å². The predicted molar refractivity (Wildman–Crippen MR) is 53.3 cm³/mol. The number of halogens is 1. The Kier molecular flexibility index (Phi) is 2.46. The molecule has 0 aliphatic heterocycles. The highest BCUT2D eigenvalue weighted by Gasteiger charge is 2.28. The first-order chi connectivity index (χ1) is 7.38. The maximum atomic E-state index is 12.7. The van der Waals surface area contributed by atoms with Crippen LogP contribution in [0.1, 0.15) is 11.1 Å². The molecule has 1 N–H and O–H groups in total. The van der Waals surface area contributed by atoms with Crippen LogP contribution in [0.15, 0.2) is 23.1 Å². The summed E-state index contributed by atoms with van der Waals surface area (Å²) in [6.45, 7) is 0. The number of benzene rings is 1. The molecule has 0 fully saturated rings. The van der Waals surface area contributed by atoms with Crippen LogP contribution in [-0.4, -0.2) is 19.5 Å². The van der Waals surface area contributed by atoms with Gasteiger partial charge in [-0.3, -0.25) is 4.79 Å². The van der Waals surface area contributed by atoms with Gasteiger partial charge in [-0.25, -0.2) is 0 Å². The van der Waals surface area contributed by atoms with Gasteiger partial charge in [0.15, 0.2) is 0 Å². The number of aliphatic carboxylic acids is 1. The van der Waals surface area contributed by atoms with E-state index in [4.69, 9.17) is 5.11 Å². The number of carboxylic acids is 1. The summed E-state index contributed by atoms with van der Waals surface area (Å²) < 4.78 is 34.0. The quantitative estimate of drug-likeness (QED) is 0.792. The van der Waals surface area contributed by atoms with Crippen LogP contribution < -0.4 is 0 Å². The fourth-order valence-corrected chi connectivity index (χ4v) is 2.43. The van der Waals surface area contributed by atoms with Crippen molar-refractivity contribution in [1.82, 2.24) is 0 Å². The molecule has 86 valence electrons. The number of hydrogen-bond acceptors (Lipinski definition) is 3. The monoisotopic (exact) mass is 244 g/mol. The van der Waals surface area contributed by atoms with Gasteiger partial charge in [0.05, 0.1) is 10.8 Å². The molecule has 0 saturated heterocycles. The van der Waals surface area contributed by atoms with Gasteiger partial charge in [0.2, 0.25) is 0 Å². The number of hydrogen-bond donors (Lipinski definition) is 1. The summed E-state index contributed by atoms with van der Waals surface area (Å²) >= 11 is 0. The van der Waals surface area contributed by atoms with E-state index in [1.165, 1.54) is 18.2 Å². The lowest BCUT2D eigenvalue weighted by Gasteiger charge is -1.99. The van der Waals surface area contributed by atoms with Crippen molar-refractivity contribution >= 4 is 16.2 Å². The SMILES string of the molecule is O=C(O)C1Cc2ccc(S(=O)(=O)F)cc2C1. The first kappa shape index (κ1) is 11.1.